The molecule has 0 fully saturated rings. The van der Waals surface area contributed by atoms with Gasteiger partial charge in [0.05, 0.1) is 0 Å². The topological polar surface area (TPSA) is 17.3 Å². The molecule has 0 aromatic carbocycles. The van der Waals surface area contributed by atoms with Gasteiger partial charge in [0.25, 0.3) is 0 Å². The van der Waals surface area contributed by atoms with Crippen molar-refractivity contribution in [2.24, 2.45) is 0 Å². The third-order valence-corrected chi connectivity index (χ3v) is 1.75. The van der Waals surface area contributed by atoms with Crippen LogP contribution in [0.3, 0.4) is 0 Å². The van der Waals surface area contributed by atoms with Gasteiger partial charge in [0.15, 0.2) is 0 Å². The van der Waals surface area contributed by atoms with Crippen molar-refractivity contribution in [3.8, 4) is 0 Å². The highest BCUT2D eigenvalue weighted by atomic mass is 79.9. The van der Waals surface area contributed by atoms with E-state index < -0.39 is 0 Å². The van der Waals surface area contributed by atoms with Gasteiger partial charge in [-0.05, 0) is 6.08 Å². The van der Waals surface area contributed by atoms with Gasteiger partial charge in [0, 0.05) is 13.2 Å². The molecule has 0 bridgehead atoms. The molecule has 7 heavy (non-hydrogen) atoms. The Bertz CT molecular complexity index is 91.7. The number of hydrogen-bond acceptors (Lipinski definition) is 1. The summed E-state index contributed by atoms with van der Waals surface area (Å²) in [6, 6.07) is 0. The average molecular weight is 162 g/mol. The molecule has 0 saturated heterocycles. The second kappa shape index (κ2) is 1.84. The van der Waals surface area contributed by atoms with E-state index in [1.807, 2.05) is 18.1 Å². The monoisotopic (exact) mass is 161 g/mol. The largest absolute Gasteiger partial charge is 0.207 e. The lowest BCUT2D eigenvalue weighted by Gasteiger charge is -2.08. The fraction of sp³-hybridized carbons (Fsp3) is 0.500. The minimum Gasteiger partial charge on any atom is -0.207 e. The zero-order chi connectivity index (χ0) is 5.28. The average Bonchev–Trinajstić information content (AvgIpc) is 1.91. The number of hydrogen-bond donors (Lipinski definition) is 0. The molecule has 0 aromatic heterocycles. The molecule has 1 atom stereocenters. The van der Waals surface area contributed by atoms with Crippen molar-refractivity contribution in [3.63, 3.8) is 0 Å². The molecular formula is C4H6BrN2. The van der Waals surface area contributed by atoms with Crippen LogP contribution in [0.25, 0.3) is 0 Å². The number of likely N-dealkylation sites (N-methyl/N-ethyl adjacent to an activating group) is 1. The van der Waals surface area contributed by atoms with Crippen LogP contribution in [0, 0.1) is 0 Å². The fourth-order valence-electron chi connectivity index (χ4n) is 0.403. The molecule has 39 valence electrons. The highest BCUT2D eigenvalue weighted by molar-refractivity contribution is 9.09. The summed E-state index contributed by atoms with van der Waals surface area (Å²) in [7, 11) is 1.92. The molecule has 0 aromatic rings. The van der Waals surface area contributed by atoms with Gasteiger partial charge in [-0.25, -0.2) is 5.43 Å². The lowest BCUT2D eigenvalue weighted by molar-refractivity contribution is 0.307. The highest BCUT2D eigenvalue weighted by Crippen LogP contribution is 2.08. The van der Waals surface area contributed by atoms with E-state index in [4.69, 9.17) is 0 Å². The van der Waals surface area contributed by atoms with Crippen LogP contribution in [0.5, 0.6) is 0 Å². The Labute approximate surface area is 51.3 Å². The third kappa shape index (κ3) is 0.951. The van der Waals surface area contributed by atoms with Crippen LogP contribution in [0.15, 0.2) is 12.3 Å². The van der Waals surface area contributed by atoms with E-state index in [1.54, 1.807) is 6.20 Å². The maximum Gasteiger partial charge on any atom is 0.106 e. The number of nitrogens with zero attached hydrogens (tertiary/aromatic N) is 2. The maximum atomic E-state index is 3.92. The first-order valence-corrected chi connectivity index (χ1v) is 2.96. The summed E-state index contributed by atoms with van der Waals surface area (Å²) in [5.41, 5.74) is 3.92. The fourth-order valence-corrected chi connectivity index (χ4v) is 0.645. The molecule has 1 rings (SSSR count). The van der Waals surface area contributed by atoms with E-state index in [0.717, 1.165) is 0 Å². The predicted molar refractivity (Wildman–Crippen MR) is 31.8 cm³/mol. The molecule has 2 nitrogen and oxygen atoms in total. The molecule has 0 amide bonds. The first kappa shape index (κ1) is 5.12. The quantitative estimate of drug-likeness (QED) is 0.378. The molecule has 3 heteroatoms. The Morgan fingerprint density at radius 3 is 2.71 bits per heavy atom. The molecule has 0 saturated carbocycles. The molecular weight excluding hydrogens is 156 g/mol. The zero-order valence-corrected chi connectivity index (χ0v) is 5.59. The minimum absolute atomic E-state index is 0.312. The first-order chi connectivity index (χ1) is 3.30. The summed E-state index contributed by atoms with van der Waals surface area (Å²) in [5.74, 6) is 0. The van der Waals surface area contributed by atoms with E-state index >= 15 is 0 Å². The normalized spacial score (nSPS) is 30.9. The second-order valence-electron chi connectivity index (χ2n) is 1.40. The number of rotatable bonds is 0. The van der Waals surface area contributed by atoms with Crippen molar-refractivity contribution in [2.45, 2.75) is 4.95 Å². The molecule has 0 spiro atoms. The lowest BCUT2D eigenvalue weighted by Crippen LogP contribution is -2.23. The van der Waals surface area contributed by atoms with E-state index in [1.165, 1.54) is 0 Å². The van der Waals surface area contributed by atoms with Crippen molar-refractivity contribution in [1.29, 1.82) is 0 Å². The van der Waals surface area contributed by atoms with Crippen molar-refractivity contribution in [2.75, 3.05) is 7.05 Å². The molecule has 0 aliphatic carbocycles. The van der Waals surface area contributed by atoms with Gasteiger partial charge >= 0.3 is 0 Å². The van der Waals surface area contributed by atoms with Crippen molar-refractivity contribution in [1.82, 2.24) is 10.4 Å². The Morgan fingerprint density at radius 1 is 1.86 bits per heavy atom. The van der Waals surface area contributed by atoms with Gasteiger partial charge < -0.3 is 0 Å². The summed E-state index contributed by atoms with van der Waals surface area (Å²) >= 11 is 3.35. The third-order valence-electron chi connectivity index (χ3n) is 0.851. The molecule has 1 unspecified atom stereocenters. The molecule has 1 aliphatic heterocycles. The van der Waals surface area contributed by atoms with Crippen LogP contribution in [0.4, 0.5) is 0 Å². The minimum atomic E-state index is 0.312. The summed E-state index contributed by atoms with van der Waals surface area (Å²) in [6.45, 7) is 0. The highest BCUT2D eigenvalue weighted by Gasteiger charge is 2.10. The van der Waals surface area contributed by atoms with Crippen molar-refractivity contribution >= 4 is 15.9 Å². The predicted octanol–water partition coefficient (Wildman–Crippen LogP) is 0.686. The van der Waals surface area contributed by atoms with Crippen LogP contribution >= 0.6 is 15.9 Å². The SMILES string of the molecule is CN1[N]C=CC1Br. The van der Waals surface area contributed by atoms with Crippen molar-refractivity contribution < 1.29 is 0 Å². The summed E-state index contributed by atoms with van der Waals surface area (Å²) in [4.78, 5) is 0.312. The molecule has 0 N–H and O–H groups in total. The Kier molecular flexibility index (Phi) is 1.35. The zero-order valence-electron chi connectivity index (χ0n) is 4.00. The summed E-state index contributed by atoms with van der Waals surface area (Å²) in [6.07, 6.45) is 3.75. The van der Waals surface area contributed by atoms with Gasteiger partial charge in [0.2, 0.25) is 0 Å². The van der Waals surface area contributed by atoms with Gasteiger partial charge in [-0.3, -0.25) is 0 Å². The van der Waals surface area contributed by atoms with Crippen molar-refractivity contribution in [3.05, 3.63) is 12.3 Å². The van der Waals surface area contributed by atoms with Gasteiger partial charge in [-0.1, -0.05) is 15.9 Å². The van der Waals surface area contributed by atoms with E-state index in [0.29, 0.717) is 4.95 Å². The summed E-state index contributed by atoms with van der Waals surface area (Å²) < 4.78 is 0. The Hall–Kier alpha value is -0.0200. The smallest absolute Gasteiger partial charge is 0.106 e. The van der Waals surface area contributed by atoms with Crippen LogP contribution in [0.2, 0.25) is 0 Å². The summed E-state index contributed by atoms with van der Waals surface area (Å²) in [5, 5.41) is 1.83. The van der Waals surface area contributed by atoms with Crippen LogP contribution < -0.4 is 5.43 Å². The van der Waals surface area contributed by atoms with E-state index in [9.17, 15) is 0 Å². The first-order valence-electron chi connectivity index (χ1n) is 2.05. The van der Waals surface area contributed by atoms with Crippen LogP contribution in [0.1, 0.15) is 0 Å². The second-order valence-corrected chi connectivity index (χ2v) is 2.34. The lowest BCUT2D eigenvalue weighted by atomic mass is 10.6. The maximum absolute atomic E-state index is 3.92. The standard InChI is InChI=1S/C4H6BrN2/c1-7-4(5)2-3-6-7/h2-4H,1H3. The Morgan fingerprint density at radius 2 is 2.57 bits per heavy atom. The van der Waals surface area contributed by atoms with E-state index in [2.05, 4.69) is 21.4 Å². The van der Waals surface area contributed by atoms with Gasteiger partial charge in [-0.2, -0.15) is 5.01 Å². The van der Waals surface area contributed by atoms with Gasteiger partial charge in [-0.15, -0.1) is 0 Å². The molecule has 1 radical (unpaired) electrons. The number of halogens is 1. The number of alkyl halides is 1. The van der Waals surface area contributed by atoms with Gasteiger partial charge in [0.1, 0.15) is 4.95 Å². The van der Waals surface area contributed by atoms with Crippen LogP contribution in [-0.4, -0.2) is 17.0 Å². The van der Waals surface area contributed by atoms with Crippen LogP contribution in [-0.2, 0) is 0 Å². The molecule has 1 heterocycles. The Balaban J connectivity index is 2.45. The van der Waals surface area contributed by atoms with E-state index in [-0.39, 0.29) is 0 Å². The molecule has 1 aliphatic rings.